The highest BCUT2D eigenvalue weighted by Crippen LogP contribution is 2.50. The first kappa shape index (κ1) is 20.1. The molecular formula is C20H19ClF2N2O3. The van der Waals surface area contributed by atoms with Crippen molar-refractivity contribution in [1.82, 2.24) is 4.90 Å². The third-order valence-corrected chi connectivity index (χ3v) is 5.35. The highest BCUT2D eigenvalue weighted by molar-refractivity contribution is 6.31. The first-order chi connectivity index (χ1) is 13.0. The Balaban J connectivity index is 2.02. The van der Waals surface area contributed by atoms with E-state index in [9.17, 15) is 23.5 Å². The van der Waals surface area contributed by atoms with Crippen molar-refractivity contribution in [2.24, 2.45) is 5.41 Å². The van der Waals surface area contributed by atoms with Crippen LogP contribution >= 0.6 is 11.6 Å². The molecule has 148 valence electrons. The van der Waals surface area contributed by atoms with Crippen LogP contribution in [0.5, 0.6) is 0 Å². The first-order valence-electron chi connectivity index (χ1n) is 8.56. The minimum absolute atomic E-state index is 0.133. The van der Waals surface area contributed by atoms with Gasteiger partial charge in [-0.25, -0.2) is 13.6 Å². The van der Waals surface area contributed by atoms with Crippen LogP contribution < -0.4 is 5.32 Å². The molecule has 2 amide bonds. The van der Waals surface area contributed by atoms with E-state index in [-0.39, 0.29) is 16.1 Å². The molecular weight excluding hydrogens is 390 g/mol. The molecule has 0 aromatic heterocycles. The van der Waals surface area contributed by atoms with Gasteiger partial charge in [0.1, 0.15) is 11.6 Å². The molecule has 28 heavy (non-hydrogen) atoms. The Hall–Kier alpha value is -2.67. The van der Waals surface area contributed by atoms with E-state index in [0.29, 0.717) is 17.7 Å². The number of amides is 2. The van der Waals surface area contributed by atoms with Gasteiger partial charge in [0.25, 0.3) is 5.91 Å². The van der Waals surface area contributed by atoms with E-state index < -0.39 is 35.1 Å². The zero-order chi connectivity index (χ0) is 20.8. The zero-order valence-electron chi connectivity index (χ0n) is 15.5. The zero-order valence-corrected chi connectivity index (χ0v) is 16.3. The fraction of sp³-hybridized carbons (Fsp3) is 0.300. The Bertz CT molecular complexity index is 978. The van der Waals surface area contributed by atoms with Crippen LogP contribution in [-0.4, -0.2) is 29.1 Å². The second-order valence-electron chi connectivity index (χ2n) is 7.53. The van der Waals surface area contributed by atoms with Crippen LogP contribution in [0.25, 0.3) is 0 Å². The average Bonchev–Trinajstić information content (AvgIpc) is 2.89. The van der Waals surface area contributed by atoms with E-state index >= 15 is 0 Å². The maximum Gasteiger partial charge on any atom is 0.407 e. The summed E-state index contributed by atoms with van der Waals surface area (Å²) < 4.78 is 28.0. The molecule has 1 aliphatic rings. The van der Waals surface area contributed by atoms with Crippen molar-refractivity contribution in [3.05, 3.63) is 63.7 Å². The molecule has 0 bridgehead atoms. The van der Waals surface area contributed by atoms with E-state index in [4.69, 9.17) is 11.6 Å². The quantitative estimate of drug-likeness (QED) is 0.742. The fourth-order valence-electron chi connectivity index (χ4n) is 3.88. The van der Waals surface area contributed by atoms with Gasteiger partial charge in [0.2, 0.25) is 0 Å². The van der Waals surface area contributed by atoms with Gasteiger partial charge in [0.05, 0.1) is 11.1 Å². The van der Waals surface area contributed by atoms with E-state index in [1.165, 1.54) is 25.2 Å². The number of hydrogen-bond donors (Lipinski definition) is 2. The molecule has 1 unspecified atom stereocenters. The van der Waals surface area contributed by atoms with Crippen molar-refractivity contribution in [2.75, 3.05) is 12.4 Å². The number of hydrogen-bond acceptors (Lipinski definition) is 2. The number of carbonyl (C=O) groups is 2. The van der Waals surface area contributed by atoms with Crippen LogP contribution in [0.2, 0.25) is 5.02 Å². The molecule has 0 radical (unpaired) electrons. The lowest BCUT2D eigenvalue weighted by Crippen LogP contribution is -2.36. The molecule has 0 spiro atoms. The van der Waals surface area contributed by atoms with Gasteiger partial charge >= 0.3 is 6.09 Å². The summed E-state index contributed by atoms with van der Waals surface area (Å²) in [6.45, 7) is 3.66. The van der Waals surface area contributed by atoms with Crippen molar-refractivity contribution in [3.8, 4) is 0 Å². The van der Waals surface area contributed by atoms with Gasteiger partial charge < -0.3 is 15.3 Å². The lowest BCUT2D eigenvalue weighted by atomic mass is 9.84. The predicted octanol–water partition coefficient (Wildman–Crippen LogP) is 5.10. The third kappa shape index (κ3) is 3.42. The van der Waals surface area contributed by atoms with Crippen LogP contribution in [0, 0.1) is 17.0 Å². The number of nitrogens with one attached hydrogen (secondary N) is 1. The molecule has 5 nitrogen and oxygen atoms in total. The van der Waals surface area contributed by atoms with E-state index in [1.54, 1.807) is 0 Å². The Morgan fingerprint density at radius 3 is 2.46 bits per heavy atom. The van der Waals surface area contributed by atoms with Crippen LogP contribution in [0.15, 0.2) is 30.3 Å². The summed E-state index contributed by atoms with van der Waals surface area (Å²) in [7, 11) is 1.39. The number of fused-ring (bicyclic) bond motifs is 1. The van der Waals surface area contributed by atoms with Gasteiger partial charge in [-0.15, -0.1) is 0 Å². The summed E-state index contributed by atoms with van der Waals surface area (Å²) in [6.07, 6.45) is -0.851. The summed E-state index contributed by atoms with van der Waals surface area (Å²) in [5, 5.41) is 11.9. The largest absolute Gasteiger partial charge is 0.465 e. The average molecular weight is 409 g/mol. The smallest absolute Gasteiger partial charge is 0.407 e. The first-order valence-corrected chi connectivity index (χ1v) is 8.94. The normalized spacial score (nSPS) is 17.1. The summed E-state index contributed by atoms with van der Waals surface area (Å²) >= 11 is 5.74. The summed E-state index contributed by atoms with van der Waals surface area (Å²) in [5.74, 6) is -1.67. The van der Waals surface area contributed by atoms with Gasteiger partial charge in [-0.05, 0) is 47.7 Å². The second-order valence-corrected chi connectivity index (χ2v) is 7.94. The molecule has 0 saturated heterocycles. The SMILES string of the molecule is CN(C(=O)O)C1c2c(F)ccc(C(=O)Nc3ccc(F)c(Cl)c3)c2CC1(C)C. The minimum atomic E-state index is -1.18. The van der Waals surface area contributed by atoms with E-state index in [1.807, 2.05) is 13.8 Å². The predicted molar refractivity (Wildman–Crippen MR) is 102 cm³/mol. The Morgan fingerprint density at radius 2 is 1.86 bits per heavy atom. The number of halogens is 3. The van der Waals surface area contributed by atoms with Crippen molar-refractivity contribution in [1.29, 1.82) is 0 Å². The van der Waals surface area contributed by atoms with Crippen LogP contribution in [0.1, 0.15) is 41.4 Å². The molecule has 2 N–H and O–H groups in total. The maximum absolute atomic E-state index is 14.7. The van der Waals surface area contributed by atoms with Gasteiger partial charge in [-0.2, -0.15) is 0 Å². The molecule has 0 fully saturated rings. The molecule has 2 aromatic carbocycles. The molecule has 1 aliphatic carbocycles. The van der Waals surface area contributed by atoms with Crippen molar-refractivity contribution in [3.63, 3.8) is 0 Å². The molecule has 8 heteroatoms. The van der Waals surface area contributed by atoms with Gasteiger partial charge in [-0.3, -0.25) is 4.79 Å². The number of carboxylic acid groups (broad SMARTS) is 1. The minimum Gasteiger partial charge on any atom is -0.465 e. The molecule has 0 aliphatic heterocycles. The summed E-state index contributed by atoms with van der Waals surface area (Å²) in [5.41, 5.74) is 0.608. The lowest BCUT2D eigenvalue weighted by Gasteiger charge is -2.33. The highest BCUT2D eigenvalue weighted by Gasteiger charge is 2.46. The van der Waals surface area contributed by atoms with Gasteiger partial charge in [0.15, 0.2) is 0 Å². The number of carbonyl (C=O) groups excluding carboxylic acids is 1. The molecule has 1 atom stereocenters. The van der Waals surface area contributed by atoms with Crippen LogP contribution in [-0.2, 0) is 6.42 Å². The van der Waals surface area contributed by atoms with Crippen molar-refractivity contribution in [2.45, 2.75) is 26.3 Å². The number of rotatable bonds is 3. The molecule has 3 rings (SSSR count). The second kappa shape index (κ2) is 7.05. The lowest BCUT2D eigenvalue weighted by molar-refractivity contribution is 0.0987. The third-order valence-electron chi connectivity index (χ3n) is 5.06. The summed E-state index contributed by atoms with van der Waals surface area (Å²) in [4.78, 5) is 25.4. The number of nitrogens with zero attached hydrogens (tertiary/aromatic N) is 1. The monoisotopic (exact) mass is 408 g/mol. The van der Waals surface area contributed by atoms with Crippen molar-refractivity contribution >= 4 is 29.3 Å². The number of benzene rings is 2. The van der Waals surface area contributed by atoms with Gasteiger partial charge in [0, 0.05) is 23.9 Å². The summed E-state index contributed by atoms with van der Waals surface area (Å²) in [6, 6.07) is 5.59. The Labute approximate surface area is 165 Å². The Kier molecular flexibility index (Phi) is 5.06. The van der Waals surface area contributed by atoms with Crippen molar-refractivity contribution < 1.29 is 23.5 Å². The fourth-order valence-corrected chi connectivity index (χ4v) is 4.06. The molecule has 0 heterocycles. The van der Waals surface area contributed by atoms with Gasteiger partial charge in [-0.1, -0.05) is 25.4 Å². The maximum atomic E-state index is 14.7. The molecule has 0 saturated carbocycles. The van der Waals surface area contributed by atoms with E-state index in [0.717, 1.165) is 17.0 Å². The standard InChI is InChI=1S/C20H19ClF2N2O3/c1-20(2)9-12-11(18(26)24-10-4-6-14(22)13(21)8-10)5-7-15(23)16(12)17(20)25(3)19(27)28/h4-8,17H,9H2,1-3H3,(H,24,26)(H,27,28). The van der Waals surface area contributed by atoms with E-state index in [2.05, 4.69) is 5.32 Å². The number of anilines is 1. The topological polar surface area (TPSA) is 69.6 Å². The highest BCUT2D eigenvalue weighted by atomic mass is 35.5. The molecule has 2 aromatic rings. The Morgan fingerprint density at radius 1 is 1.21 bits per heavy atom. The van der Waals surface area contributed by atoms with Crippen LogP contribution in [0.3, 0.4) is 0 Å². The van der Waals surface area contributed by atoms with Crippen LogP contribution in [0.4, 0.5) is 19.3 Å².